The summed E-state index contributed by atoms with van der Waals surface area (Å²) in [5.41, 5.74) is 1.02. The molecule has 3 rings (SSSR count). The summed E-state index contributed by atoms with van der Waals surface area (Å²) in [5.74, 6) is 2.11. The molecule has 0 spiro atoms. The maximum atomic E-state index is 4.23. The molecule has 1 atom stereocenters. The van der Waals surface area contributed by atoms with Crippen LogP contribution in [0.15, 0.2) is 30.3 Å². The van der Waals surface area contributed by atoms with Crippen LogP contribution in [0.2, 0.25) is 0 Å². The van der Waals surface area contributed by atoms with Gasteiger partial charge in [-0.3, -0.25) is 0 Å². The molecule has 0 radical (unpaired) electrons. The third kappa shape index (κ3) is 3.67. The Balaban J connectivity index is 1.72. The fourth-order valence-electron chi connectivity index (χ4n) is 2.49. The molecule has 0 bridgehead atoms. The fourth-order valence-corrected chi connectivity index (χ4v) is 2.49. The van der Waals surface area contributed by atoms with Crippen molar-refractivity contribution in [3.05, 3.63) is 36.2 Å². The Hall–Kier alpha value is -1.75. The van der Waals surface area contributed by atoms with E-state index in [-0.39, 0.29) is 0 Å². The lowest BCUT2D eigenvalue weighted by Gasteiger charge is -2.20. The van der Waals surface area contributed by atoms with E-state index in [9.17, 15) is 0 Å². The molecule has 5 heteroatoms. The summed E-state index contributed by atoms with van der Waals surface area (Å²) in [5, 5.41) is 15.9. The van der Waals surface area contributed by atoms with E-state index in [0.717, 1.165) is 30.5 Å². The molecule has 1 N–H and O–H groups in total. The van der Waals surface area contributed by atoms with E-state index in [0.29, 0.717) is 11.8 Å². The van der Waals surface area contributed by atoms with Gasteiger partial charge in [-0.25, -0.2) is 0 Å². The van der Waals surface area contributed by atoms with Crippen LogP contribution in [0.4, 0.5) is 0 Å². The Kier molecular flexibility index (Phi) is 4.29. The van der Waals surface area contributed by atoms with E-state index >= 15 is 0 Å². The van der Waals surface area contributed by atoms with Gasteiger partial charge in [-0.05, 0) is 53.8 Å². The predicted molar refractivity (Wildman–Crippen MR) is 82.2 cm³/mol. The maximum absolute atomic E-state index is 4.23. The zero-order chi connectivity index (χ0) is 14.7. The number of para-hydroxylation sites is 1. The van der Waals surface area contributed by atoms with Crippen LogP contribution in [0.5, 0.6) is 0 Å². The molecule has 0 saturated heterocycles. The third-order valence-corrected chi connectivity index (χ3v) is 4.17. The number of hydrogen-bond acceptors (Lipinski definition) is 4. The Morgan fingerprint density at radius 1 is 1.24 bits per heavy atom. The van der Waals surface area contributed by atoms with Crippen molar-refractivity contribution >= 4 is 0 Å². The molecule has 2 aromatic rings. The number of rotatable bonds is 7. The van der Waals surface area contributed by atoms with Crippen molar-refractivity contribution in [1.82, 2.24) is 25.5 Å². The van der Waals surface area contributed by atoms with Gasteiger partial charge in [0.05, 0.1) is 5.69 Å². The highest BCUT2D eigenvalue weighted by atomic mass is 15.5. The van der Waals surface area contributed by atoms with E-state index in [1.54, 1.807) is 0 Å². The van der Waals surface area contributed by atoms with Gasteiger partial charge < -0.3 is 5.32 Å². The Morgan fingerprint density at radius 3 is 2.67 bits per heavy atom. The summed E-state index contributed by atoms with van der Waals surface area (Å²) >= 11 is 0. The topological polar surface area (TPSA) is 55.6 Å². The van der Waals surface area contributed by atoms with Crippen molar-refractivity contribution in [3.8, 4) is 5.69 Å². The van der Waals surface area contributed by atoms with Crippen LogP contribution in [0.3, 0.4) is 0 Å². The van der Waals surface area contributed by atoms with Crippen molar-refractivity contribution in [3.63, 3.8) is 0 Å². The maximum Gasteiger partial charge on any atom is 0.157 e. The highest BCUT2D eigenvalue weighted by Crippen LogP contribution is 2.22. The van der Waals surface area contributed by atoms with Crippen LogP contribution >= 0.6 is 0 Å². The van der Waals surface area contributed by atoms with Crippen molar-refractivity contribution < 1.29 is 0 Å². The summed E-state index contributed by atoms with van der Waals surface area (Å²) in [6.45, 7) is 5.59. The fraction of sp³-hybridized carbons (Fsp3) is 0.562. The molecule has 1 saturated carbocycles. The second kappa shape index (κ2) is 6.35. The second-order valence-corrected chi connectivity index (χ2v) is 6.23. The van der Waals surface area contributed by atoms with Crippen molar-refractivity contribution in [1.29, 1.82) is 0 Å². The first-order chi connectivity index (χ1) is 10.2. The van der Waals surface area contributed by atoms with Gasteiger partial charge >= 0.3 is 0 Å². The molecular formula is C16H23N5. The number of nitrogens with zero attached hydrogens (tertiary/aromatic N) is 4. The van der Waals surface area contributed by atoms with Gasteiger partial charge in [0.1, 0.15) is 0 Å². The molecule has 0 aliphatic heterocycles. The lowest BCUT2D eigenvalue weighted by molar-refractivity contribution is 0.351. The third-order valence-electron chi connectivity index (χ3n) is 4.17. The van der Waals surface area contributed by atoms with Crippen LogP contribution in [-0.4, -0.2) is 32.8 Å². The predicted octanol–water partition coefficient (Wildman–Crippen LogP) is 2.23. The van der Waals surface area contributed by atoms with Crippen LogP contribution < -0.4 is 5.32 Å². The number of nitrogens with one attached hydrogen (secondary N) is 1. The van der Waals surface area contributed by atoms with E-state index in [2.05, 4.69) is 34.7 Å². The smallest absolute Gasteiger partial charge is 0.157 e. The summed E-state index contributed by atoms with van der Waals surface area (Å²) < 4.78 is 1.85. The van der Waals surface area contributed by atoms with Crippen molar-refractivity contribution in [2.45, 2.75) is 39.2 Å². The number of tetrazole rings is 1. The average Bonchev–Trinajstić information content (AvgIpc) is 3.21. The highest BCUT2D eigenvalue weighted by molar-refractivity contribution is 5.30. The number of aromatic nitrogens is 4. The first-order valence-corrected chi connectivity index (χ1v) is 7.80. The minimum Gasteiger partial charge on any atom is -0.314 e. The van der Waals surface area contributed by atoms with E-state index in [1.807, 2.05) is 35.0 Å². The van der Waals surface area contributed by atoms with Crippen LogP contribution in [0.1, 0.15) is 32.5 Å². The lowest BCUT2D eigenvalue weighted by atomic mass is 9.92. The molecule has 1 aromatic carbocycles. The van der Waals surface area contributed by atoms with Gasteiger partial charge in [0.2, 0.25) is 0 Å². The second-order valence-electron chi connectivity index (χ2n) is 6.23. The first kappa shape index (κ1) is 14.2. The van der Waals surface area contributed by atoms with E-state index < -0.39 is 0 Å². The van der Waals surface area contributed by atoms with Crippen LogP contribution in [0.25, 0.3) is 5.69 Å². The Bertz CT molecular complexity index is 559. The van der Waals surface area contributed by atoms with E-state index in [1.165, 1.54) is 12.8 Å². The van der Waals surface area contributed by atoms with Gasteiger partial charge in [0.25, 0.3) is 0 Å². The summed E-state index contributed by atoms with van der Waals surface area (Å²) in [6, 6.07) is 10.8. The minimum atomic E-state index is 0.555. The van der Waals surface area contributed by atoms with Gasteiger partial charge in [-0.2, -0.15) is 4.68 Å². The zero-order valence-electron chi connectivity index (χ0n) is 12.7. The molecule has 112 valence electrons. The molecule has 1 fully saturated rings. The highest BCUT2D eigenvalue weighted by Gasteiger charge is 2.24. The molecule has 21 heavy (non-hydrogen) atoms. The van der Waals surface area contributed by atoms with E-state index in [4.69, 9.17) is 0 Å². The summed E-state index contributed by atoms with van der Waals surface area (Å²) in [6.07, 6.45) is 3.55. The van der Waals surface area contributed by atoms with Gasteiger partial charge in [-0.15, -0.1) is 5.10 Å². The van der Waals surface area contributed by atoms with Crippen molar-refractivity contribution in [2.75, 3.05) is 6.54 Å². The molecule has 1 aliphatic rings. The molecule has 1 aliphatic carbocycles. The normalized spacial score (nSPS) is 16.3. The SMILES string of the molecule is CC(C)C(CNC1CC1)Cc1nnnn1-c1ccccc1. The zero-order valence-corrected chi connectivity index (χ0v) is 12.7. The number of benzene rings is 1. The molecule has 1 heterocycles. The monoisotopic (exact) mass is 285 g/mol. The van der Waals surface area contributed by atoms with Gasteiger partial charge in [0.15, 0.2) is 5.82 Å². The minimum absolute atomic E-state index is 0.555. The van der Waals surface area contributed by atoms with Gasteiger partial charge in [-0.1, -0.05) is 32.0 Å². The summed E-state index contributed by atoms with van der Waals surface area (Å²) in [4.78, 5) is 0. The van der Waals surface area contributed by atoms with Crippen LogP contribution in [-0.2, 0) is 6.42 Å². The largest absolute Gasteiger partial charge is 0.314 e. The quantitative estimate of drug-likeness (QED) is 0.847. The molecule has 1 unspecified atom stereocenters. The lowest BCUT2D eigenvalue weighted by Crippen LogP contribution is -2.30. The standard InChI is InChI=1S/C16H23N5/c1-12(2)13(11-17-14-8-9-14)10-16-18-19-20-21(16)15-6-4-3-5-7-15/h3-7,12-14,17H,8-11H2,1-2H3. The average molecular weight is 285 g/mol. The molecule has 1 aromatic heterocycles. The molecule has 0 amide bonds. The molecular weight excluding hydrogens is 262 g/mol. The molecule has 5 nitrogen and oxygen atoms in total. The first-order valence-electron chi connectivity index (χ1n) is 7.80. The van der Waals surface area contributed by atoms with Crippen LogP contribution in [0, 0.1) is 11.8 Å². The Morgan fingerprint density at radius 2 is 2.00 bits per heavy atom. The summed E-state index contributed by atoms with van der Waals surface area (Å²) in [7, 11) is 0. The Labute approximate surface area is 125 Å². The number of hydrogen-bond donors (Lipinski definition) is 1. The van der Waals surface area contributed by atoms with Gasteiger partial charge in [0, 0.05) is 12.5 Å². The van der Waals surface area contributed by atoms with Crippen molar-refractivity contribution in [2.24, 2.45) is 11.8 Å².